The van der Waals surface area contributed by atoms with Crippen LogP contribution in [-0.2, 0) is 12.6 Å². The van der Waals surface area contributed by atoms with Crippen LogP contribution in [0.5, 0.6) is 0 Å². The Kier molecular flexibility index (Phi) is 9.29. The molecule has 3 N–H and O–H groups in total. The van der Waals surface area contributed by atoms with Crippen molar-refractivity contribution in [2.45, 2.75) is 44.8 Å². The molecular weight excluding hydrogens is 521 g/mol. The third-order valence-corrected chi connectivity index (χ3v) is 6.40. The van der Waals surface area contributed by atoms with Crippen molar-refractivity contribution < 1.29 is 27.9 Å². The van der Waals surface area contributed by atoms with Gasteiger partial charge in [-0.3, -0.25) is 9.59 Å². The second-order valence-electron chi connectivity index (χ2n) is 7.69. The number of thiazole rings is 1. The lowest BCUT2D eigenvalue weighted by molar-refractivity contribution is -0.137. The summed E-state index contributed by atoms with van der Waals surface area (Å²) < 4.78 is 39.1. The smallest absolute Gasteiger partial charge is 0.396 e. The molecule has 0 radical (unpaired) electrons. The molecule has 2 amide bonds. The fraction of sp³-hybridized carbons (Fsp3) is 0.364. The Labute approximate surface area is 213 Å². The summed E-state index contributed by atoms with van der Waals surface area (Å²) in [6.45, 7) is 1.80. The Morgan fingerprint density at radius 2 is 1.86 bits per heavy atom. The summed E-state index contributed by atoms with van der Waals surface area (Å²) in [5, 5.41) is 13.7. The van der Waals surface area contributed by atoms with Crippen LogP contribution in [0.25, 0.3) is 0 Å². The van der Waals surface area contributed by atoms with Crippen LogP contribution in [0.1, 0.15) is 68.7 Å². The molecule has 0 saturated carbocycles. The van der Waals surface area contributed by atoms with Crippen LogP contribution in [0.15, 0.2) is 30.9 Å². The molecule has 1 unspecified atom stereocenters. The molecule has 0 saturated heterocycles. The van der Waals surface area contributed by atoms with Gasteiger partial charge in [0.25, 0.3) is 11.8 Å². The highest BCUT2D eigenvalue weighted by Gasteiger charge is 2.34. The number of hydrogen-bond acceptors (Lipinski definition) is 8. The molecule has 192 valence electrons. The van der Waals surface area contributed by atoms with Gasteiger partial charge in [-0.25, -0.2) is 19.9 Å². The predicted molar refractivity (Wildman–Crippen MR) is 127 cm³/mol. The number of anilines is 1. The number of hydrogen-bond donors (Lipinski definition) is 3. The Hall–Kier alpha value is -3.16. The lowest BCUT2D eigenvalue weighted by Gasteiger charge is -2.11. The number of rotatable bonds is 10. The molecular formula is C22H22ClF3N6O3S. The number of amides is 2. The van der Waals surface area contributed by atoms with Gasteiger partial charge in [0, 0.05) is 18.5 Å². The van der Waals surface area contributed by atoms with E-state index in [9.17, 15) is 22.8 Å². The molecule has 3 heterocycles. The predicted octanol–water partition coefficient (Wildman–Crippen LogP) is 4.45. The second kappa shape index (κ2) is 12.2. The maximum atomic E-state index is 13.0. The Bertz CT molecular complexity index is 1220. The highest BCUT2D eigenvalue weighted by Crippen LogP contribution is 2.35. The van der Waals surface area contributed by atoms with E-state index in [2.05, 4.69) is 30.6 Å². The molecule has 0 aromatic carbocycles. The van der Waals surface area contributed by atoms with E-state index in [4.69, 9.17) is 16.7 Å². The summed E-state index contributed by atoms with van der Waals surface area (Å²) in [5.41, 5.74) is -0.231. The first-order chi connectivity index (χ1) is 17.1. The van der Waals surface area contributed by atoms with Gasteiger partial charge in [-0.05, 0) is 38.3 Å². The Balaban J connectivity index is 1.61. The van der Waals surface area contributed by atoms with Crippen molar-refractivity contribution in [3.05, 3.63) is 62.7 Å². The minimum Gasteiger partial charge on any atom is -0.396 e. The maximum absolute atomic E-state index is 13.0. The van der Waals surface area contributed by atoms with Crippen molar-refractivity contribution in [2.24, 2.45) is 0 Å². The SMILES string of the molecule is CC(NC(=O)c1cc(CCCCCO)ncn1)c1ncc(C(=O)Nc2cc(C(F)(F)F)c(Cl)cn2)s1. The average Bonchev–Trinajstić information content (AvgIpc) is 3.33. The number of aliphatic hydroxyl groups is 1. The summed E-state index contributed by atoms with van der Waals surface area (Å²) in [6.07, 6.45) is 1.69. The van der Waals surface area contributed by atoms with E-state index in [1.54, 1.807) is 13.0 Å². The van der Waals surface area contributed by atoms with Crippen LogP contribution in [0.4, 0.5) is 19.0 Å². The standard InChI is InChI=1S/C22H22ClF3N6O3S/c1-12(31-19(34)16-7-13(29-11-30-16)5-3-2-4-6-33)21-28-10-17(36-21)20(35)32-18-8-14(22(24,25)26)15(23)9-27-18/h7-12,33H,2-6H2,1H3,(H,31,34)(H,27,32,35). The van der Waals surface area contributed by atoms with Crippen LogP contribution in [-0.4, -0.2) is 43.5 Å². The average molecular weight is 543 g/mol. The molecule has 0 aliphatic rings. The van der Waals surface area contributed by atoms with Crippen LogP contribution in [0.3, 0.4) is 0 Å². The summed E-state index contributed by atoms with van der Waals surface area (Å²) in [6, 6.07) is 1.67. The first-order valence-corrected chi connectivity index (χ1v) is 12.0. The van der Waals surface area contributed by atoms with Gasteiger partial charge in [0.05, 0.1) is 22.8 Å². The molecule has 0 spiro atoms. The van der Waals surface area contributed by atoms with Crippen LogP contribution in [0.2, 0.25) is 5.02 Å². The molecule has 3 aromatic heterocycles. The Morgan fingerprint density at radius 3 is 2.58 bits per heavy atom. The van der Waals surface area contributed by atoms with Crippen molar-refractivity contribution in [3.63, 3.8) is 0 Å². The number of carbonyl (C=O) groups is 2. The third-order valence-electron chi connectivity index (χ3n) is 4.92. The number of nitrogens with zero attached hydrogens (tertiary/aromatic N) is 4. The number of nitrogens with one attached hydrogen (secondary N) is 2. The van der Waals surface area contributed by atoms with Crippen molar-refractivity contribution in [1.82, 2.24) is 25.3 Å². The quantitative estimate of drug-likeness (QED) is 0.323. The zero-order valence-corrected chi connectivity index (χ0v) is 20.5. The lowest BCUT2D eigenvalue weighted by atomic mass is 10.1. The van der Waals surface area contributed by atoms with E-state index in [1.807, 2.05) is 0 Å². The number of unbranched alkanes of at least 4 members (excludes halogenated alkanes) is 2. The van der Waals surface area contributed by atoms with Gasteiger partial charge in [0.1, 0.15) is 27.7 Å². The van der Waals surface area contributed by atoms with E-state index in [0.29, 0.717) is 29.6 Å². The molecule has 0 fully saturated rings. The maximum Gasteiger partial charge on any atom is 0.418 e. The number of aryl methyl sites for hydroxylation is 1. The van der Waals surface area contributed by atoms with Crippen molar-refractivity contribution in [1.29, 1.82) is 0 Å². The number of carbonyl (C=O) groups excluding carboxylic acids is 2. The molecule has 36 heavy (non-hydrogen) atoms. The third kappa shape index (κ3) is 7.42. The lowest BCUT2D eigenvalue weighted by Crippen LogP contribution is -2.27. The normalized spacial score (nSPS) is 12.3. The molecule has 3 aromatic rings. The highest BCUT2D eigenvalue weighted by molar-refractivity contribution is 7.13. The topological polar surface area (TPSA) is 130 Å². The zero-order valence-electron chi connectivity index (χ0n) is 19.0. The number of halogens is 4. The van der Waals surface area contributed by atoms with Gasteiger partial charge in [-0.15, -0.1) is 11.3 Å². The molecule has 9 nitrogen and oxygen atoms in total. The number of pyridine rings is 1. The fourth-order valence-corrected chi connectivity index (χ4v) is 4.11. The zero-order chi connectivity index (χ0) is 26.3. The second-order valence-corrected chi connectivity index (χ2v) is 9.16. The van der Waals surface area contributed by atoms with E-state index >= 15 is 0 Å². The molecule has 3 rings (SSSR count). The summed E-state index contributed by atoms with van der Waals surface area (Å²) in [4.78, 5) is 41.2. The fourth-order valence-electron chi connectivity index (χ4n) is 3.08. The van der Waals surface area contributed by atoms with Gasteiger partial charge in [0.15, 0.2) is 0 Å². The number of alkyl halides is 3. The molecule has 1 atom stereocenters. The summed E-state index contributed by atoms with van der Waals surface area (Å²) in [7, 11) is 0. The molecule has 0 bridgehead atoms. The van der Waals surface area contributed by atoms with E-state index in [1.165, 1.54) is 12.5 Å². The Morgan fingerprint density at radius 1 is 1.08 bits per heavy atom. The van der Waals surface area contributed by atoms with Gasteiger partial charge >= 0.3 is 6.18 Å². The van der Waals surface area contributed by atoms with Gasteiger partial charge < -0.3 is 15.7 Å². The monoisotopic (exact) mass is 542 g/mol. The van der Waals surface area contributed by atoms with Crippen molar-refractivity contribution in [2.75, 3.05) is 11.9 Å². The first kappa shape index (κ1) is 27.4. The summed E-state index contributed by atoms with van der Waals surface area (Å²) >= 11 is 6.52. The molecule has 0 aliphatic heterocycles. The highest BCUT2D eigenvalue weighted by atomic mass is 35.5. The van der Waals surface area contributed by atoms with Crippen molar-refractivity contribution in [3.8, 4) is 0 Å². The number of aromatic nitrogens is 4. The van der Waals surface area contributed by atoms with Gasteiger partial charge in [-0.2, -0.15) is 13.2 Å². The minimum absolute atomic E-state index is 0.114. The van der Waals surface area contributed by atoms with Gasteiger partial charge in [-0.1, -0.05) is 18.0 Å². The van der Waals surface area contributed by atoms with Crippen molar-refractivity contribution >= 4 is 40.6 Å². The van der Waals surface area contributed by atoms with E-state index in [-0.39, 0.29) is 23.0 Å². The number of aliphatic hydroxyl groups excluding tert-OH is 1. The van der Waals surface area contributed by atoms with E-state index < -0.39 is 34.6 Å². The molecule has 0 aliphatic carbocycles. The molecule has 14 heteroatoms. The summed E-state index contributed by atoms with van der Waals surface area (Å²) in [5.74, 6) is -1.47. The minimum atomic E-state index is -4.70. The van der Waals surface area contributed by atoms with E-state index in [0.717, 1.165) is 30.4 Å². The van der Waals surface area contributed by atoms with Crippen LogP contribution >= 0.6 is 22.9 Å². The first-order valence-electron chi connectivity index (χ1n) is 10.8. The van der Waals surface area contributed by atoms with Gasteiger partial charge in [0.2, 0.25) is 0 Å². The largest absolute Gasteiger partial charge is 0.418 e. The van der Waals surface area contributed by atoms with Crippen LogP contribution in [0, 0.1) is 0 Å². The van der Waals surface area contributed by atoms with Crippen LogP contribution < -0.4 is 10.6 Å².